The normalized spacial score (nSPS) is 12.6. The van der Waals surface area contributed by atoms with E-state index in [0.717, 1.165) is 89.9 Å². The van der Waals surface area contributed by atoms with Crippen LogP contribution in [0.3, 0.4) is 0 Å². The average Bonchev–Trinajstić information content (AvgIpc) is 3.45. The van der Waals surface area contributed by atoms with Gasteiger partial charge in [0.1, 0.15) is 13.2 Å². The fourth-order valence-corrected chi connectivity index (χ4v) is 9.85. The number of esters is 3. The van der Waals surface area contributed by atoms with Crippen molar-refractivity contribution in [3.05, 3.63) is 85.1 Å². The second-order valence-corrected chi connectivity index (χ2v) is 22.7. The highest BCUT2D eigenvalue weighted by atomic mass is 16.6. The SMILES string of the molecule is CC/C=C\C/C=C\C/C=C\C/C=C\C/C=C\C/C=C\C/C=C\CCCC(=O)OC(COC(=O)CCCCCCCCCC)COC(=O)CCCCCCCCCCCCCCCCCCCCCCCCCCCCCCCC. The molecule has 0 fully saturated rings. The Morgan fingerprint density at radius 2 is 0.494 bits per heavy atom. The number of ether oxygens (including phenoxy) is 3. The largest absolute Gasteiger partial charge is 0.462 e. The fourth-order valence-electron chi connectivity index (χ4n) is 9.85. The van der Waals surface area contributed by atoms with Crippen LogP contribution in [-0.2, 0) is 28.6 Å². The molecule has 456 valence electrons. The maximum absolute atomic E-state index is 12.9. The standard InChI is InChI=1S/C73H128O6/c1-4-7-10-13-16-19-21-23-25-27-29-31-33-34-35-36-37-38-39-41-42-44-46-48-50-52-54-57-60-63-66-72(75)78-69-70(68-77-71(74)65-62-59-56-18-15-12-9-6-3)79-73(76)67-64-61-58-55-53-51-49-47-45-43-40-32-30-28-26-24-22-20-17-14-11-8-5-2/h8,11,17,20,24,26,30,32,43,45,49,51,55,58,70H,4-7,9-10,12-16,18-19,21-23,25,27-29,31,33-42,44,46-48,50,52-54,56-57,59-69H2,1-3H3/b11-8-,20-17-,26-24-,32-30-,45-43-,51-49-,58-55-. The van der Waals surface area contributed by atoms with E-state index >= 15 is 0 Å². The predicted molar refractivity (Wildman–Crippen MR) is 344 cm³/mol. The molecule has 0 N–H and O–H groups in total. The second kappa shape index (κ2) is 67.1. The van der Waals surface area contributed by atoms with E-state index in [4.69, 9.17) is 14.2 Å². The summed E-state index contributed by atoms with van der Waals surface area (Å²) in [6.45, 7) is 6.49. The van der Waals surface area contributed by atoms with Crippen LogP contribution in [0, 0.1) is 0 Å². The molecule has 0 amide bonds. The molecule has 0 rings (SSSR count). The minimum Gasteiger partial charge on any atom is -0.462 e. The minimum absolute atomic E-state index is 0.0962. The van der Waals surface area contributed by atoms with Gasteiger partial charge in [-0.3, -0.25) is 14.4 Å². The van der Waals surface area contributed by atoms with Gasteiger partial charge in [0, 0.05) is 19.3 Å². The third-order valence-electron chi connectivity index (χ3n) is 14.9. The highest BCUT2D eigenvalue weighted by Crippen LogP contribution is 2.18. The van der Waals surface area contributed by atoms with Gasteiger partial charge >= 0.3 is 17.9 Å². The topological polar surface area (TPSA) is 78.9 Å². The minimum atomic E-state index is -0.805. The van der Waals surface area contributed by atoms with Crippen molar-refractivity contribution in [2.45, 2.75) is 348 Å². The van der Waals surface area contributed by atoms with E-state index in [2.05, 4.69) is 106 Å². The molecule has 0 bridgehead atoms. The molecule has 0 aliphatic heterocycles. The Balaban J connectivity index is 4.16. The molecule has 0 saturated carbocycles. The van der Waals surface area contributed by atoms with Crippen molar-refractivity contribution in [1.82, 2.24) is 0 Å². The zero-order chi connectivity index (χ0) is 57.1. The zero-order valence-corrected chi connectivity index (χ0v) is 52.4. The van der Waals surface area contributed by atoms with Gasteiger partial charge < -0.3 is 14.2 Å². The Morgan fingerprint density at radius 1 is 0.266 bits per heavy atom. The Bertz CT molecular complexity index is 1500. The Labute approximate surface area is 490 Å². The van der Waals surface area contributed by atoms with Crippen LogP contribution in [0.2, 0.25) is 0 Å². The predicted octanol–water partition coefficient (Wildman–Crippen LogP) is 23.4. The van der Waals surface area contributed by atoms with Gasteiger partial charge in [-0.05, 0) is 70.6 Å². The summed E-state index contributed by atoms with van der Waals surface area (Å²) in [4.78, 5) is 38.1. The van der Waals surface area contributed by atoms with Crippen molar-refractivity contribution in [3.63, 3.8) is 0 Å². The van der Waals surface area contributed by atoms with Crippen molar-refractivity contribution in [2.75, 3.05) is 13.2 Å². The summed E-state index contributed by atoms with van der Waals surface area (Å²) in [6, 6.07) is 0. The van der Waals surface area contributed by atoms with E-state index < -0.39 is 6.10 Å². The molecule has 0 aromatic heterocycles. The summed E-state index contributed by atoms with van der Waals surface area (Å²) in [5.74, 6) is -0.947. The molecule has 0 saturated heterocycles. The quantitative estimate of drug-likeness (QED) is 0.0261. The van der Waals surface area contributed by atoms with Crippen molar-refractivity contribution in [2.24, 2.45) is 0 Å². The van der Waals surface area contributed by atoms with E-state index in [-0.39, 0.29) is 37.5 Å². The maximum Gasteiger partial charge on any atom is 0.306 e. The molecule has 0 aromatic carbocycles. The molecule has 0 aliphatic rings. The molecule has 0 radical (unpaired) electrons. The van der Waals surface area contributed by atoms with E-state index in [0.29, 0.717) is 19.3 Å². The number of hydrogen-bond donors (Lipinski definition) is 0. The third kappa shape index (κ3) is 65.3. The van der Waals surface area contributed by atoms with Crippen LogP contribution in [0.4, 0.5) is 0 Å². The lowest BCUT2D eigenvalue weighted by Crippen LogP contribution is -2.30. The van der Waals surface area contributed by atoms with Gasteiger partial charge in [-0.1, -0.05) is 337 Å². The lowest BCUT2D eigenvalue weighted by molar-refractivity contribution is -0.167. The number of rotatable bonds is 62. The van der Waals surface area contributed by atoms with Crippen LogP contribution < -0.4 is 0 Å². The number of carbonyl (C=O) groups excluding carboxylic acids is 3. The highest BCUT2D eigenvalue weighted by molar-refractivity contribution is 5.71. The first-order valence-corrected chi connectivity index (χ1v) is 34.1. The van der Waals surface area contributed by atoms with Gasteiger partial charge in [0.2, 0.25) is 0 Å². The summed E-state index contributed by atoms with van der Waals surface area (Å²) in [5, 5.41) is 0. The van der Waals surface area contributed by atoms with Gasteiger partial charge in [0.05, 0.1) is 0 Å². The molecular formula is C73H128O6. The monoisotopic (exact) mass is 1100 g/mol. The van der Waals surface area contributed by atoms with E-state index in [1.165, 1.54) is 205 Å². The molecule has 0 heterocycles. The van der Waals surface area contributed by atoms with Crippen molar-refractivity contribution in [1.29, 1.82) is 0 Å². The third-order valence-corrected chi connectivity index (χ3v) is 14.9. The van der Waals surface area contributed by atoms with Crippen LogP contribution in [0.5, 0.6) is 0 Å². The Hall–Kier alpha value is -3.41. The van der Waals surface area contributed by atoms with Crippen LogP contribution in [0.25, 0.3) is 0 Å². The number of allylic oxidation sites excluding steroid dienone is 14. The fraction of sp³-hybridized carbons (Fsp3) is 0.767. The zero-order valence-electron chi connectivity index (χ0n) is 52.4. The summed E-state index contributed by atoms with van der Waals surface area (Å²) >= 11 is 0. The second-order valence-electron chi connectivity index (χ2n) is 22.7. The molecule has 79 heavy (non-hydrogen) atoms. The molecule has 0 spiro atoms. The van der Waals surface area contributed by atoms with Crippen LogP contribution >= 0.6 is 0 Å². The average molecular weight is 1100 g/mol. The molecular weight excluding hydrogens is 973 g/mol. The van der Waals surface area contributed by atoms with Gasteiger partial charge in [-0.25, -0.2) is 0 Å². The van der Waals surface area contributed by atoms with Gasteiger partial charge in [0.15, 0.2) is 6.10 Å². The molecule has 1 atom stereocenters. The number of unbranched alkanes of at least 4 members (excludes halogenated alkanes) is 37. The van der Waals surface area contributed by atoms with E-state index in [1.807, 2.05) is 0 Å². The summed E-state index contributed by atoms with van der Waals surface area (Å²) < 4.78 is 16.8. The molecule has 6 heteroatoms. The lowest BCUT2D eigenvalue weighted by atomic mass is 10.0. The summed E-state index contributed by atoms with van der Waals surface area (Å²) in [6.07, 6.45) is 89.3. The van der Waals surface area contributed by atoms with Crippen molar-refractivity contribution >= 4 is 17.9 Å². The summed E-state index contributed by atoms with van der Waals surface area (Å²) in [5.41, 5.74) is 0. The van der Waals surface area contributed by atoms with Crippen molar-refractivity contribution < 1.29 is 28.6 Å². The molecule has 1 unspecified atom stereocenters. The Kier molecular flexibility index (Phi) is 64.2. The van der Waals surface area contributed by atoms with Crippen LogP contribution in [0.15, 0.2) is 85.1 Å². The van der Waals surface area contributed by atoms with Gasteiger partial charge in [-0.2, -0.15) is 0 Å². The Morgan fingerprint density at radius 3 is 0.759 bits per heavy atom. The smallest absolute Gasteiger partial charge is 0.306 e. The van der Waals surface area contributed by atoms with Gasteiger partial charge in [0.25, 0.3) is 0 Å². The molecule has 6 nitrogen and oxygen atoms in total. The van der Waals surface area contributed by atoms with E-state index in [9.17, 15) is 14.4 Å². The van der Waals surface area contributed by atoms with E-state index in [1.54, 1.807) is 0 Å². The first kappa shape index (κ1) is 75.6. The van der Waals surface area contributed by atoms with Crippen LogP contribution in [0.1, 0.15) is 342 Å². The lowest BCUT2D eigenvalue weighted by Gasteiger charge is -2.18. The first-order chi connectivity index (χ1) is 39.0. The summed E-state index contributed by atoms with van der Waals surface area (Å²) in [7, 11) is 0. The molecule has 0 aromatic rings. The van der Waals surface area contributed by atoms with Crippen molar-refractivity contribution in [3.8, 4) is 0 Å². The maximum atomic E-state index is 12.9. The van der Waals surface area contributed by atoms with Crippen LogP contribution in [-0.4, -0.2) is 37.2 Å². The first-order valence-electron chi connectivity index (χ1n) is 34.1. The number of hydrogen-bond acceptors (Lipinski definition) is 6. The number of carbonyl (C=O) groups is 3. The molecule has 0 aliphatic carbocycles. The highest BCUT2D eigenvalue weighted by Gasteiger charge is 2.19. The van der Waals surface area contributed by atoms with Gasteiger partial charge in [-0.15, -0.1) is 0 Å².